The Morgan fingerprint density at radius 2 is 1.49 bits per heavy atom. The van der Waals surface area contributed by atoms with E-state index in [4.69, 9.17) is 23.2 Å². The highest BCUT2D eigenvalue weighted by molar-refractivity contribution is 6.42. The van der Waals surface area contributed by atoms with Crippen molar-refractivity contribution in [3.8, 4) is 0 Å². The summed E-state index contributed by atoms with van der Waals surface area (Å²) in [7, 11) is 0. The zero-order valence-corrected chi connectivity index (χ0v) is 25.7. The van der Waals surface area contributed by atoms with E-state index in [0.717, 1.165) is 21.4 Å². The number of nitrogens with one attached hydrogen (secondary N) is 1. The molecule has 0 atom stereocenters. The second-order valence-corrected chi connectivity index (χ2v) is 11.9. The van der Waals surface area contributed by atoms with E-state index < -0.39 is 47.4 Å². The van der Waals surface area contributed by atoms with Crippen molar-refractivity contribution in [3.63, 3.8) is 0 Å². The van der Waals surface area contributed by atoms with Gasteiger partial charge >= 0.3 is 12.4 Å². The number of benzene rings is 3. The summed E-state index contributed by atoms with van der Waals surface area (Å²) in [6, 6.07) is 13.1. The van der Waals surface area contributed by atoms with Crippen molar-refractivity contribution in [1.29, 1.82) is 0 Å². The summed E-state index contributed by atoms with van der Waals surface area (Å²) in [6.07, 6.45) is -8.02. The molecule has 5 nitrogen and oxygen atoms in total. The smallest absolute Gasteiger partial charge is 0.361 e. The minimum atomic E-state index is -5.13. The van der Waals surface area contributed by atoms with Gasteiger partial charge in [0.2, 0.25) is 5.91 Å². The number of hydrogen-bond acceptors (Lipinski definition) is 2. The first-order valence-electron chi connectivity index (χ1n) is 13.9. The minimum Gasteiger partial charge on any atom is -0.361 e. The lowest BCUT2D eigenvalue weighted by Crippen LogP contribution is -2.44. The van der Waals surface area contributed by atoms with Gasteiger partial charge in [-0.25, -0.2) is 0 Å². The van der Waals surface area contributed by atoms with E-state index in [1.807, 2.05) is 30.5 Å². The van der Waals surface area contributed by atoms with Crippen LogP contribution in [-0.4, -0.2) is 46.2 Å². The second-order valence-electron chi connectivity index (χ2n) is 11.0. The first-order chi connectivity index (χ1) is 21.0. The van der Waals surface area contributed by atoms with Crippen LogP contribution in [0.1, 0.15) is 46.5 Å². The molecule has 1 N–H and O–H groups in total. The van der Waals surface area contributed by atoms with Crippen molar-refractivity contribution < 1.29 is 35.9 Å². The molecular formula is C32H29Cl2F6N3O2. The standard InChI is InChI=1S/C32H29Cl2F6N3O2/c1-19(2)16-43(30(45)22-12-23(31(35,36)37)14-24(13-22)32(38,39)40)18-29(44)42(17-20-7-8-26(33)27(34)11-20)10-9-21-15-41-28-6-4-3-5-25(21)28/h3-8,11-15,19,41H,9-10,16-18H2,1-2H3. The summed E-state index contributed by atoms with van der Waals surface area (Å²) in [5.41, 5.74) is -1.58. The number of fused-ring (bicyclic) bond motifs is 1. The van der Waals surface area contributed by atoms with Gasteiger partial charge in [0.1, 0.15) is 6.54 Å². The van der Waals surface area contributed by atoms with Crippen LogP contribution < -0.4 is 0 Å². The quantitative estimate of drug-likeness (QED) is 0.171. The maximum Gasteiger partial charge on any atom is 0.416 e. The Bertz CT molecular complexity index is 1650. The maximum absolute atomic E-state index is 13.8. The molecule has 13 heteroatoms. The number of halogens is 8. The molecule has 0 saturated heterocycles. The minimum absolute atomic E-state index is 0.0432. The lowest BCUT2D eigenvalue weighted by Gasteiger charge is -2.29. The van der Waals surface area contributed by atoms with Crippen molar-refractivity contribution in [2.75, 3.05) is 19.6 Å². The van der Waals surface area contributed by atoms with Crippen LogP contribution >= 0.6 is 23.2 Å². The topological polar surface area (TPSA) is 56.4 Å². The van der Waals surface area contributed by atoms with Gasteiger partial charge < -0.3 is 14.8 Å². The molecule has 0 spiro atoms. The summed E-state index contributed by atoms with van der Waals surface area (Å²) in [6.45, 7) is 3.00. The molecule has 240 valence electrons. The first-order valence-corrected chi connectivity index (χ1v) is 14.6. The van der Waals surface area contributed by atoms with Gasteiger partial charge in [0.15, 0.2) is 0 Å². The van der Waals surface area contributed by atoms with Crippen LogP contribution in [0.4, 0.5) is 26.3 Å². The average molecular weight is 672 g/mol. The van der Waals surface area contributed by atoms with E-state index >= 15 is 0 Å². The number of aromatic nitrogens is 1. The predicted molar refractivity (Wildman–Crippen MR) is 161 cm³/mol. The first kappa shape index (κ1) is 34.2. The van der Waals surface area contributed by atoms with E-state index in [1.165, 1.54) is 4.90 Å². The number of alkyl halides is 6. The Kier molecular flexibility index (Phi) is 10.4. The zero-order valence-electron chi connectivity index (χ0n) is 24.2. The molecule has 1 heterocycles. The monoisotopic (exact) mass is 671 g/mol. The van der Waals surface area contributed by atoms with E-state index in [-0.39, 0.29) is 36.6 Å². The third-order valence-corrected chi connectivity index (χ3v) is 7.81. The zero-order chi connectivity index (χ0) is 33.1. The second kappa shape index (κ2) is 13.7. The van der Waals surface area contributed by atoms with Crippen LogP contribution in [0.5, 0.6) is 0 Å². The molecule has 4 aromatic rings. The number of carbonyl (C=O) groups excluding carboxylic acids is 2. The number of para-hydroxylation sites is 1. The van der Waals surface area contributed by atoms with E-state index in [2.05, 4.69) is 4.98 Å². The molecule has 1 aromatic heterocycles. The van der Waals surface area contributed by atoms with E-state index in [0.29, 0.717) is 29.1 Å². The summed E-state index contributed by atoms with van der Waals surface area (Å²) >= 11 is 12.2. The van der Waals surface area contributed by atoms with Gasteiger partial charge in [-0.1, -0.05) is 61.3 Å². The van der Waals surface area contributed by atoms with Gasteiger partial charge in [0.05, 0.1) is 21.2 Å². The molecule has 0 aliphatic carbocycles. The highest BCUT2D eigenvalue weighted by atomic mass is 35.5. The highest BCUT2D eigenvalue weighted by Crippen LogP contribution is 2.36. The third-order valence-electron chi connectivity index (χ3n) is 7.07. The molecule has 0 saturated carbocycles. The Labute approximate surface area is 265 Å². The van der Waals surface area contributed by atoms with Crippen LogP contribution in [0.3, 0.4) is 0 Å². The molecule has 4 rings (SSSR count). The normalized spacial score (nSPS) is 12.2. The number of amides is 2. The molecule has 3 aromatic carbocycles. The molecule has 0 fully saturated rings. The molecule has 45 heavy (non-hydrogen) atoms. The third kappa shape index (κ3) is 8.73. The molecule has 0 aliphatic heterocycles. The summed E-state index contributed by atoms with van der Waals surface area (Å²) in [5.74, 6) is -1.94. The average Bonchev–Trinajstić information content (AvgIpc) is 3.38. The van der Waals surface area contributed by atoms with Crippen LogP contribution in [-0.2, 0) is 30.1 Å². The Morgan fingerprint density at radius 3 is 2.09 bits per heavy atom. The van der Waals surface area contributed by atoms with Gasteiger partial charge in [0.25, 0.3) is 5.91 Å². The van der Waals surface area contributed by atoms with Crippen LogP contribution in [0.25, 0.3) is 10.9 Å². The SMILES string of the molecule is CC(C)CN(CC(=O)N(CCc1c[nH]c2ccccc12)Cc1ccc(Cl)c(Cl)c1)C(=O)c1cc(C(F)(F)F)cc(C(F)(F)F)c1. The fourth-order valence-electron chi connectivity index (χ4n) is 4.93. The van der Waals surface area contributed by atoms with Gasteiger partial charge in [-0.3, -0.25) is 9.59 Å². The summed E-state index contributed by atoms with van der Waals surface area (Å²) < 4.78 is 81.1. The molecule has 0 aliphatic rings. The largest absolute Gasteiger partial charge is 0.416 e. The predicted octanol–water partition coefficient (Wildman–Crippen LogP) is 8.88. The lowest BCUT2D eigenvalue weighted by molar-refractivity contribution is -0.143. The number of aromatic amines is 1. The molecule has 0 radical (unpaired) electrons. The Balaban J connectivity index is 1.65. The van der Waals surface area contributed by atoms with Crippen molar-refractivity contribution in [1.82, 2.24) is 14.8 Å². The maximum atomic E-state index is 13.8. The summed E-state index contributed by atoms with van der Waals surface area (Å²) in [5, 5.41) is 1.53. The van der Waals surface area contributed by atoms with E-state index in [9.17, 15) is 35.9 Å². The van der Waals surface area contributed by atoms with Crippen molar-refractivity contribution in [3.05, 3.63) is 105 Å². The fourth-order valence-corrected chi connectivity index (χ4v) is 5.25. The summed E-state index contributed by atoms with van der Waals surface area (Å²) in [4.78, 5) is 32.9. The highest BCUT2D eigenvalue weighted by Gasteiger charge is 2.38. The van der Waals surface area contributed by atoms with Gasteiger partial charge in [0, 0.05) is 42.3 Å². The van der Waals surface area contributed by atoms with Gasteiger partial charge in [-0.05, 0) is 59.9 Å². The Hall–Kier alpha value is -3.70. The van der Waals surface area contributed by atoms with Gasteiger partial charge in [-0.15, -0.1) is 0 Å². The van der Waals surface area contributed by atoms with E-state index in [1.54, 1.807) is 32.0 Å². The molecule has 0 unspecified atom stereocenters. The number of H-pyrrole nitrogens is 1. The molecular weight excluding hydrogens is 643 g/mol. The van der Waals surface area contributed by atoms with Crippen molar-refractivity contribution in [2.45, 2.75) is 39.2 Å². The number of carbonyl (C=O) groups is 2. The number of nitrogens with zero attached hydrogens (tertiary/aromatic N) is 2. The van der Waals surface area contributed by atoms with Crippen LogP contribution in [0.2, 0.25) is 10.0 Å². The molecule has 2 amide bonds. The van der Waals surface area contributed by atoms with Crippen molar-refractivity contribution in [2.24, 2.45) is 5.92 Å². The molecule has 0 bridgehead atoms. The van der Waals surface area contributed by atoms with Crippen molar-refractivity contribution >= 4 is 45.9 Å². The Morgan fingerprint density at radius 1 is 0.844 bits per heavy atom. The lowest BCUT2D eigenvalue weighted by atomic mass is 10.0. The number of rotatable bonds is 10. The van der Waals surface area contributed by atoms with Gasteiger partial charge in [-0.2, -0.15) is 26.3 Å². The van der Waals surface area contributed by atoms with Crippen LogP contribution in [0.15, 0.2) is 66.9 Å². The fraction of sp³-hybridized carbons (Fsp3) is 0.312. The number of hydrogen-bond donors (Lipinski definition) is 1. The van der Waals surface area contributed by atoms with Crippen LogP contribution in [0, 0.1) is 5.92 Å².